The van der Waals surface area contributed by atoms with Gasteiger partial charge in [-0.2, -0.15) is 13.2 Å². The summed E-state index contributed by atoms with van der Waals surface area (Å²) in [6.07, 6.45) is -0.439. The summed E-state index contributed by atoms with van der Waals surface area (Å²) in [6.45, 7) is 3.51. The molecule has 1 aliphatic rings. The SMILES string of the molecule is Cc1cc2ncnc(N3CCC(Nc4cc(C(F)(F)F)ncn4)CC3)c2n1C. The predicted molar refractivity (Wildman–Crippen MR) is 99.1 cm³/mol. The lowest BCUT2D eigenvalue weighted by atomic mass is 10.0. The van der Waals surface area contributed by atoms with Gasteiger partial charge in [0.15, 0.2) is 5.82 Å². The lowest BCUT2D eigenvalue weighted by molar-refractivity contribution is -0.141. The Kier molecular flexibility index (Phi) is 4.56. The number of anilines is 2. The fourth-order valence-corrected chi connectivity index (χ4v) is 3.55. The van der Waals surface area contributed by atoms with Crippen molar-refractivity contribution in [3.05, 3.63) is 36.2 Å². The van der Waals surface area contributed by atoms with E-state index in [0.29, 0.717) is 0 Å². The summed E-state index contributed by atoms with van der Waals surface area (Å²) in [5.74, 6) is 1.09. The Balaban J connectivity index is 1.46. The van der Waals surface area contributed by atoms with Crippen LogP contribution >= 0.6 is 0 Å². The van der Waals surface area contributed by atoms with E-state index < -0.39 is 11.9 Å². The first-order valence-electron chi connectivity index (χ1n) is 9.00. The largest absolute Gasteiger partial charge is 0.433 e. The van der Waals surface area contributed by atoms with Crippen molar-refractivity contribution in [1.82, 2.24) is 24.5 Å². The molecular weight excluding hydrogens is 371 g/mol. The zero-order valence-electron chi connectivity index (χ0n) is 15.5. The van der Waals surface area contributed by atoms with Crippen molar-refractivity contribution in [2.24, 2.45) is 7.05 Å². The number of halogens is 3. The summed E-state index contributed by atoms with van der Waals surface area (Å²) >= 11 is 0. The standard InChI is InChI=1S/C18H20F3N7/c1-11-7-13-16(27(11)2)17(25-9-22-13)28-5-3-12(4-6-28)26-15-8-14(18(19,20)21)23-10-24-15/h7-10,12H,3-6H2,1-2H3,(H,23,24,26). The lowest BCUT2D eigenvalue weighted by Crippen LogP contribution is -2.40. The zero-order chi connectivity index (χ0) is 19.9. The molecule has 1 fully saturated rings. The van der Waals surface area contributed by atoms with Crippen molar-refractivity contribution in [2.45, 2.75) is 32.0 Å². The molecule has 148 valence electrons. The second-order valence-corrected chi connectivity index (χ2v) is 6.97. The molecule has 0 aliphatic carbocycles. The molecule has 0 radical (unpaired) electrons. The maximum atomic E-state index is 12.8. The summed E-state index contributed by atoms with van der Waals surface area (Å²) in [7, 11) is 1.99. The van der Waals surface area contributed by atoms with Crippen molar-refractivity contribution < 1.29 is 13.2 Å². The summed E-state index contributed by atoms with van der Waals surface area (Å²) < 4.78 is 40.5. The highest BCUT2D eigenvalue weighted by atomic mass is 19.4. The van der Waals surface area contributed by atoms with Crippen molar-refractivity contribution in [1.29, 1.82) is 0 Å². The Hall–Kier alpha value is -2.91. The van der Waals surface area contributed by atoms with E-state index in [0.717, 1.165) is 60.9 Å². The van der Waals surface area contributed by atoms with Crippen LogP contribution in [0.4, 0.5) is 24.8 Å². The van der Waals surface area contributed by atoms with E-state index in [1.165, 1.54) is 0 Å². The minimum atomic E-state index is -4.48. The summed E-state index contributed by atoms with van der Waals surface area (Å²) in [6, 6.07) is 3.02. The third kappa shape index (κ3) is 3.46. The number of hydrogen-bond donors (Lipinski definition) is 1. The lowest BCUT2D eigenvalue weighted by Gasteiger charge is -2.33. The second kappa shape index (κ2) is 6.92. The van der Waals surface area contributed by atoms with Crippen LogP contribution in [-0.2, 0) is 13.2 Å². The average molecular weight is 391 g/mol. The minimum absolute atomic E-state index is 0.0414. The van der Waals surface area contributed by atoms with Crippen LogP contribution in [0.2, 0.25) is 0 Å². The van der Waals surface area contributed by atoms with E-state index in [9.17, 15) is 13.2 Å². The summed E-state index contributed by atoms with van der Waals surface area (Å²) in [5, 5.41) is 3.10. The van der Waals surface area contributed by atoms with Gasteiger partial charge in [0.1, 0.15) is 29.7 Å². The third-order valence-electron chi connectivity index (χ3n) is 5.15. The molecule has 28 heavy (non-hydrogen) atoms. The maximum absolute atomic E-state index is 12.8. The third-order valence-corrected chi connectivity index (χ3v) is 5.15. The second-order valence-electron chi connectivity index (χ2n) is 6.97. The molecule has 10 heteroatoms. The fraction of sp³-hybridized carbons (Fsp3) is 0.444. The number of nitrogens with one attached hydrogen (secondary N) is 1. The van der Waals surface area contributed by atoms with Crippen molar-refractivity contribution in [2.75, 3.05) is 23.3 Å². The normalized spacial score (nSPS) is 16.0. The zero-order valence-corrected chi connectivity index (χ0v) is 15.5. The number of alkyl halides is 3. The van der Waals surface area contributed by atoms with E-state index in [4.69, 9.17) is 0 Å². The smallest absolute Gasteiger partial charge is 0.367 e. The van der Waals surface area contributed by atoms with Crippen molar-refractivity contribution in [3.63, 3.8) is 0 Å². The fourth-order valence-electron chi connectivity index (χ4n) is 3.55. The van der Waals surface area contributed by atoms with E-state index >= 15 is 0 Å². The van der Waals surface area contributed by atoms with E-state index in [-0.39, 0.29) is 11.9 Å². The first-order valence-corrected chi connectivity index (χ1v) is 9.00. The van der Waals surface area contributed by atoms with Crippen LogP contribution in [-0.4, -0.2) is 43.6 Å². The van der Waals surface area contributed by atoms with Gasteiger partial charge in [0.25, 0.3) is 0 Å². The molecule has 1 saturated heterocycles. The molecular formula is C18H20F3N7. The molecule has 0 amide bonds. The molecule has 0 unspecified atom stereocenters. The van der Waals surface area contributed by atoms with Gasteiger partial charge in [0.05, 0.1) is 5.52 Å². The molecule has 0 aromatic carbocycles. The molecule has 3 aromatic rings. The molecule has 1 N–H and O–H groups in total. The van der Waals surface area contributed by atoms with Crippen LogP contribution < -0.4 is 10.2 Å². The van der Waals surface area contributed by atoms with Gasteiger partial charge in [-0.15, -0.1) is 0 Å². The van der Waals surface area contributed by atoms with Gasteiger partial charge in [0.2, 0.25) is 0 Å². The molecule has 4 rings (SSSR count). The Labute approximate surface area is 159 Å². The van der Waals surface area contributed by atoms with Gasteiger partial charge in [-0.05, 0) is 25.8 Å². The van der Waals surface area contributed by atoms with E-state index in [1.807, 2.05) is 20.0 Å². The first kappa shape index (κ1) is 18.5. The Morgan fingerprint density at radius 3 is 2.46 bits per heavy atom. The predicted octanol–water partition coefficient (Wildman–Crippen LogP) is 3.17. The number of piperidine rings is 1. The topological polar surface area (TPSA) is 71.8 Å². The van der Waals surface area contributed by atoms with Crippen molar-refractivity contribution >= 4 is 22.7 Å². The number of fused-ring (bicyclic) bond motifs is 1. The Bertz CT molecular complexity index is 990. The summed E-state index contributed by atoms with van der Waals surface area (Å²) in [5.41, 5.74) is 2.07. The van der Waals surface area contributed by atoms with Crippen LogP contribution in [0.15, 0.2) is 24.8 Å². The molecule has 0 saturated carbocycles. The number of aryl methyl sites for hydroxylation is 2. The van der Waals surface area contributed by atoms with Crippen LogP contribution in [0, 0.1) is 6.92 Å². The number of aromatic nitrogens is 5. The Morgan fingerprint density at radius 1 is 1.04 bits per heavy atom. The van der Waals surface area contributed by atoms with Gasteiger partial charge in [0, 0.05) is 37.9 Å². The molecule has 7 nitrogen and oxygen atoms in total. The van der Waals surface area contributed by atoms with Crippen LogP contribution in [0.25, 0.3) is 11.0 Å². The molecule has 0 spiro atoms. The van der Waals surface area contributed by atoms with Gasteiger partial charge in [-0.3, -0.25) is 0 Å². The van der Waals surface area contributed by atoms with E-state index in [1.54, 1.807) is 6.33 Å². The van der Waals surface area contributed by atoms with Gasteiger partial charge >= 0.3 is 6.18 Å². The van der Waals surface area contributed by atoms with Gasteiger partial charge < -0.3 is 14.8 Å². The highest BCUT2D eigenvalue weighted by Gasteiger charge is 2.33. The first-order chi connectivity index (χ1) is 13.3. The van der Waals surface area contributed by atoms with Crippen LogP contribution in [0.5, 0.6) is 0 Å². The average Bonchev–Trinajstić information content (AvgIpc) is 2.96. The molecule has 3 aromatic heterocycles. The van der Waals surface area contributed by atoms with E-state index in [2.05, 4.69) is 34.7 Å². The molecule has 0 atom stereocenters. The number of nitrogens with zero attached hydrogens (tertiary/aromatic N) is 6. The van der Waals surface area contributed by atoms with Gasteiger partial charge in [-0.1, -0.05) is 0 Å². The van der Waals surface area contributed by atoms with Crippen LogP contribution in [0.1, 0.15) is 24.2 Å². The van der Waals surface area contributed by atoms with Crippen LogP contribution in [0.3, 0.4) is 0 Å². The number of hydrogen-bond acceptors (Lipinski definition) is 6. The highest BCUT2D eigenvalue weighted by Crippen LogP contribution is 2.30. The quantitative estimate of drug-likeness (QED) is 0.740. The Morgan fingerprint density at radius 2 is 1.75 bits per heavy atom. The molecule has 4 heterocycles. The molecule has 0 bridgehead atoms. The summed E-state index contributed by atoms with van der Waals surface area (Å²) in [4.78, 5) is 18.2. The maximum Gasteiger partial charge on any atom is 0.433 e. The molecule has 1 aliphatic heterocycles. The monoisotopic (exact) mass is 391 g/mol. The highest BCUT2D eigenvalue weighted by molar-refractivity contribution is 5.87. The number of rotatable bonds is 3. The minimum Gasteiger partial charge on any atom is -0.367 e. The van der Waals surface area contributed by atoms with Gasteiger partial charge in [-0.25, -0.2) is 19.9 Å². The van der Waals surface area contributed by atoms with Crippen molar-refractivity contribution in [3.8, 4) is 0 Å².